The first kappa shape index (κ1) is 17.1. The van der Waals surface area contributed by atoms with Gasteiger partial charge in [-0.25, -0.2) is 0 Å². The number of hydrogen-bond acceptors (Lipinski definition) is 2. The van der Waals surface area contributed by atoms with Crippen molar-refractivity contribution in [3.63, 3.8) is 0 Å². The van der Waals surface area contributed by atoms with Crippen molar-refractivity contribution in [2.24, 2.45) is 11.8 Å². The van der Waals surface area contributed by atoms with Crippen LogP contribution in [0.2, 0.25) is 0 Å². The second-order valence-corrected chi connectivity index (χ2v) is 9.69. The Labute approximate surface area is 161 Å². The lowest BCUT2D eigenvalue weighted by atomic mass is 9.79. The van der Waals surface area contributed by atoms with Gasteiger partial charge < -0.3 is 4.74 Å². The smallest absolute Gasteiger partial charge is 0.186 e. The van der Waals surface area contributed by atoms with E-state index in [0.29, 0.717) is 0 Å². The number of piperidine rings is 1. The molecule has 4 rings (SSSR count). The van der Waals surface area contributed by atoms with E-state index in [1.165, 1.54) is 30.4 Å². The first-order chi connectivity index (χ1) is 11.5. The van der Waals surface area contributed by atoms with Gasteiger partial charge in [-0.1, -0.05) is 29.8 Å². The standard InChI is InChI=1S/C20H25Br2NO/c1-13-7-14(2)12-23(11-13)20-6-4-3-5-16(20)8-15-9-17(21)10-18(22)19(15)24-20/h8-10,13-14H,3-7,11-12H2,1-2H3. The van der Waals surface area contributed by atoms with Crippen molar-refractivity contribution in [1.29, 1.82) is 0 Å². The second kappa shape index (κ2) is 6.44. The molecule has 1 saturated heterocycles. The van der Waals surface area contributed by atoms with Crippen LogP contribution >= 0.6 is 31.9 Å². The van der Waals surface area contributed by atoms with Crippen LogP contribution in [0.1, 0.15) is 51.5 Å². The average molecular weight is 455 g/mol. The summed E-state index contributed by atoms with van der Waals surface area (Å²) in [7, 11) is 0. The first-order valence-electron chi connectivity index (χ1n) is 9.12. The van der Waals surface area contributed by atoms with Crippen LogP contribution in [0.3, 0.4) is 0 Å². The molecule has 0 amide bonds. The van der Waals surface area contributed by atoms with E-state index in [9.17, 15) is 0 Å². The Morgan fingerprint density at radius 1 is 1.12 bits per heavy atom. The molecule has 0 aromatic heterocycles. The molecule has 0 bridgehead atoms. The molecule has 130 valence electrons. The van der Waals surface area contributed by atoms with Crippen molar-refractivity contribution in [1.82, 2.24) is 4.90 Å². The maximum atomic E-state index is 6.84. The summed E-state index contributed by atoms with van der Waals surface area (Å²) in [5.41, 5.74) is 2.46. The zero-order chi connectivity index (χ0) is 16.9. The summed E-state index contributed by atoms with van der Waals surface area (Å²) in [5.74, 6) is 2.49. The topological polar surface area (TPSA) is 12.5 Å². The van der Waals surface area contributed by atoms with Gasteiger partial charge in [0.25, 0.3) is 0 Å². The molecular formula is C20H25Br2NO. The van der Waals surface area contributed by atoms with Crippen LogP contribution in [0, 0.1) is 11.8 Å². The minimum Gasteiger partial charge on any atom is -0.467 e. The summed E-state index contributed by atoms with van der Waals surface area (Å²) >= 11 is 7.33. The summed E-state index contributed by atoms with van der Waals surface area (Å²) in [4.78, 5) is 2.65. The molecule has 4 heteroatoms. The molecule has 3 unspecified atom stereocenters. The molecule has 1 aliphatic carbocycles. The van der Waals surface area contributed by atoms with Gasteiger partial charge >= 0.3 is 0 Å². The zero-order valence-corrected chi connectivity index (χ0v) is 17.6. The van der Waals surface area contributed by atoms with E-state index in [1.807, 2.05) is 0 Å². The van der Waals surface area contributed by atoms with Gasteiger partial charge in [-0.2, -0.15) is 0 Å². The first-order valence-corrected chi connectivity index (χ1v) is 10.7. The number of benzene rings is 1. The molecular weight excluding hydrogens is 430 g/mol. The Morgan fingerprint density at radius 2 is 1.88 bits per heavy atom. The van der Waals surface area contributed by atoms with E-state index in [1.54, 1.807) is 0 Å². The predicted molar refractivity (Wildman–Crippen MR) is 106 cm³/mol. The van der Waals surface area contributed by atoms with Crippen LogP contribution in [-0.2, 0) is 0 Å². The number of nitrogens with zero attached hydrogens (tertiary/aromatic N) is 1. The second-order valence-electron chi connectivity index (χ2n) is 7.92. The van der Waals surface area contributed by atoms with Crippen LogP contribution in [0.4, 0.5) is 0 Å². The third kappa shape index (κ3) is 2.89. The number of fused-ring (bicyclic) bond motifs is 2. The third-order valence-electron chi connectivity index (χ3n) is 5.73. The molecule has 2 heterocycles. The van der Waals surface area contributed by atoms with Gasteiger partial charge in [0.05, 0.1) is 4.47 Å². The van der Waals surface area contributed by atoms with Crippen LogP contribution in [0.15, 0.2) is 26.7 Å². The lowest BCUT2D eigenvalue weighted by molar-refractivity contribution is -0.0995. The van der Waals surface area contributed by atoms with Gasteiger partial charge in [0, 0.05) is 29.5 Å². The molecule has 1 aromatic rings. The number of hydrogen-bond donors (Lipinski definition) is 0. The molecule has 24 heavy (non-hydrogen) atoms. The predicted octanol–water partition coefficient (Wildman–Crippen LogP) is 6.24. The molecule has 2 fully saturated rings. The fourth-order valence-corrected chi connectivity index (χ4v) is 6.21. The van der Waals surface area contributed by atoms with Gasteiger partial charge in [0.1, 0.15) is 5.75 Å². The van der Waals surface area contributed by atoms with E-state index in [2.05, 4.69) is 68.8 Å². The van der Waals surface area contributed by atoms with Gasteiger partial charge in [-0.15, -0.1) is 0 Å². The van der Waals surface area contributed by atoms with Crippen molar-refractivity contribution >= 4 is 37.9 Å². The summed E-state index contributed by atoms with van der Waals surface area (Å²) in [5, 5.41) is 0. The highest BCUT2D eigenvalue weighted by atomic mass is 79.9. The van der Waals surface area contributed by atoms with E-state index >= 15 is 0 Å². The van der Waals surface area contributed by atoms with Crippen molar-refractivity contribution in [3.05, 3.63) is 32.2 Å². The summed E-state index contributed by atoms with van der Waals surface area (Å²) in [6.45, 7) is 7.06. The number of ether oxygens (including phenoxy) is 1. The van der Waals surface area contributed by atoms with Crippen molar-refractivity contribution in [2.45, 2.75) is 51.7 Å². The Hall–Kier alpha value is -0.320. The molecule has 3 atom stereocenters. The summed E-state index contributed by atoms with van der Waals surface area (Å²) in [6.07, 6.45) is 8.53. The molecule has 0 N–H and O–H groups in total. The molecule has 2 nitrogen and oxygen atoms in total. The van der Waals surface area contributed by atoms with Crippen molar-refractivity contribution < 1.29 is 4.74 Å². The Kier molecular flexibility index (Phi) is 4.59. The van der Waals surface area contributed by atoms with Crippen LogP contribution in [0.25, 0.3) is 6.08 Å². The fraction of sp³-hybridized carbons (Fsp3) is 0.600. The SMILES string of the molecule is CC1CC(C)CN(C23CCCCC2=Cc2cc(Br)cc(Br)c2O3)C1. The van der Waals surface area contributed by atoms with E-state index in [0.717, 1.165) is 52.5 Å². The van der Waals surface area contributed by atoms with Gasteiger partial charge in [0.15, 0.2) is 5.72 Å². The summed E-state index contributed by atoms with van der Waals surface area (Å²) < 4.78 is 8.98. The zero-order valence-electron chi connectivity index (χ0n) is 14.4. The maximum absolute atomic E-state index is 6.84. The van der Waals surface area contributed by atoms with Gasteiger partial charge in [-0.3, -0.25) is 4.90 Å². The van der Waals surface area contributed by atoms with Crippen LogP contribution in [0.5, 0.6) is 5.75 Å². The number of halogens is 2. The summed E-state index contributed by atoms with van der Waals surface area (Å²) in [6, 6.07) is 4.27. The van der Waals surface area contributed by atoms with Crippen LogP contribution < -0.4 is 4.74 Å². The molecule has 0 radical (unpaired) electrons. The third-order valence-corrected chi connectivity index (χ3v) is 6.78. The van der Waals surface area contributed by atoms with Crippen molar-refractivity contribution in [2.75, 3.05) is 13.1 Å². The molecule has 3 aliphatic rings. The Morgan fingerprint density at radius 3 is 2.62 bits per heavy atom. The normalized spacial score (nSPS) is 33.2. The van der Waals surface area contributed by atoms with Gasteiger partial charge in [-0.05, 0) is 77.2 Å². The molecule has 1 aromatic carbocycles. The average Bonchev–Trinajstić information content (AvgIpc) is 2.52. The largest absolute Gasteiger partial charge is 0.467 e. The molecule has 2 aliphatic heterocycles. The van der Waals surface area contributed by atoms with E-state index < -0.39 is 0 Å². The monoisotopic (exact) mass is 453 g/mol. The lowest BCUT2D eigenvalue weighted by Crippen LogP contribution is -2.60. The lowest BCUT2D eigenvalue weighted by Gasteiger charge is -2.52. The Balaban J connectivity index is 1.79. The van der Waals surface area contributed by atoms with E-state index in [4.69, 9.17) is 4.74 Å². The van der Waals surface area contributed by atoms with E-state index in [-0.39, 0.29) is 5.72 Å². The molecule has 1 saturated carbocycles. The molecule has 0 spiro atoms. The quantitative estimate of drug-likeness (QED) is 0.498. The van der Waals surface area contributed by atoms with Gasteiger partial charge in [0.2, 0.25) is 0 Å². The maximum Gasteiger partial charge on any atom is 0.186 e. The highest BCUT2D eigenvalue weighted by Crippen LogP contribution is 2.49. The van der Waals surface area contributed by atoms with Crippen LogP contribution in [-0.4, -0.2) is 23.7 Å². The van der Waals surface area contributed by atoms with Crippen molar-refractivity contribution in [3.8, 4) is 5.75 Å². The highest BCUT2D eigenvalue weighted by molar-refractivity contribution is 9.11. The minimum absolute atomic E-state index is 0.218. The Bertz CT molecular complexity index is 676. The minimum atomic E-state index is -0.218. The highest BCUT2D eigenvalue weighted by Gasteiger charge is 2.48. The number of rotatable bonds is 1. The number of likely N-dealkylation sites (tertiary alicyclic amines) is 1. The fourth-order valence-electron chi connectivity index (χ4n) is 4.87.